The molecule has 96 valence electrons. The molecule has 0 saturated heterocycles. The monoisotopic (exact) mass is 282 g/mol. The first-order valence-electron chi connectivity index (χ1n) is 6.43. The minimum atomic E-state index is 0.454. The summed E-state index contributed by atoms with van der Waals surface area (Å²) in [5, 5.41) is 0.760. The van der Waals surface area contributed by atoms with Gasteiger partial charge in [0.25, 0.3) is 0 Å². The minimum absolute atomic E-state index is 0.454. The zero-order valence-corrected chi connectivity index (χ0v) is 11.9. The van der Waals surface area contributed by atoms with Crippen LogP contribution in [0.1, 0.15) is 38.1 Å². The van der Waals surface area contributed by atoms with Crippen molar-refractivity contribution in [2.45, 2.75) is 38.1 Å². The molecule has 2 aromatic rings. The first-order valence-corrected chi connectivity index (χ1v) is 7.34. The highest BCUT2D eigenvalue weighted by atomic mass is 35.5. The Labute approximate surface area is 117 Å². The molecule has 2 atom stereocenters. The van der Waals surface area contributed by atoms with Gasteiger partial charge >= 0.3 is 0 Å². The van der Waals surface area contributed by atoms with Crippen molar-refractivity contribution in [1.29, 1.82) is 0 Å². The zero-order valence-electron chi connectivity index (χ0n) is 10.4. The van der Waals surface area contributed by atoms with Gasteiger partial charge in [0, 0.05) is 11.1 Å². The summed E-state index contributed by atoms with van der Waals surface area (Å²) in [7, 11) is 0. The molecule has 1 heterocycles. The summed E-state index contributed by atoms with van der Waals surface area (Å²) in [6.45, 7) is 2.31. The highest BCUT2D eigenvalue weighted by Gasteiger charge is 2.28. The maximum absolute atomic E-state index is 6.11. The summed E-state index contributed by atoms with van der Waals surface area (Å²) in [5.41, 5.74) is 2.12. The standard InChI is InChI=1S/C14H16Cl2N2/c1-9-3-2-4-12(9)18-13-7-10(16)5-6-11(13)17-14(18)8-15/h5-7,9,12H,2-4,8H2,1H3. The number of benzene rings is 1. The van der Waals surface area contributed by atoms with Crippen LogP contribution in [0.5, 0.6) is 0 Å². The van der Waals surface area contributed by atoms with Gasteiger partial charge in [0.2, 0.25) is 0 Å². The summed E-state index contributed by atoms with van der Waals surface area (Å²) in [6, 6.07) is 6.38. The van der Waals surface area contributed by atoms with E-state index in [9.17, 15) is 0 Å². The van der Waals surface area contributed by atoms with Crippen molar-refractivity contribution in [2.75, 3.05) is 0 Å². The summed E-state index contributed by atoms with van der Waals surface area (Å²) in [6.07, 6.45) is 3.78. The van der Waals surface area contributed by atoms with E-state index in [0.29, 0.717) is 17.8 Å². The number of halogens is 2. The number of rotatable bonds is 2. The molecule has 1 saturated carbocycles. The summed E-state index contributed by atoms with van der Waals surface area (Å²) < 4.78 is 2.31. The third-order valence-electron chi connectivity index (χ3n) is 3.99. The van der Waals surface area contributed by atoms with E-state index in [1.165, 1.54) is 19.3 Å². The van der Waals surface area contributed by atoms with Gasteiger partial charge < -0.3 is 4.57 Å². The normalized spacial score (nSPS) is 23.9. The number of nitrogens with zero attached hydrogens (tertiary/aromatic N) is 2. The Morgan fingerprint density at radius 1 is 1.39 bits per heavy atom. The van der Waals surface area contributed by atoms with Crippen LogP contribution in [-0.2, 0) is 5.88 Å². The third-order valence-corrected chi connectivity index (χ3v) is 4.47. The summed E-state index contributed by atoms with van der Waals surface area (Å²) >= 11 is 12.2. The molecule has 2 nitrogen and oxygen atoms in total. The van der Waals surface area contributed by atoms with Gasteiger partial charge in [-0.15, -0.1) is 11.6 Å². The summed E-state index contributed by atoms with van der Waals surface area (Å²) in [5.74, 6) is 2.10. The predicted octanol–water partition coefficient (Wildman–Crippen LogP) is 4.79. The first-order chi connectivity index (χ1) is 8.70. The van der Waals surface area contributed by atoms with Gasteiger partial charge in [-0.3, -0.25) is 0 Å². The molecule has 1 aliphatic rings. The molecule has 18 heavy (non-hydrogen) atoms. The van der Waals surface area contributed by atoms with Crippen LogP contribution in [0.2, 0.25) is 5.02 Å². The lowest BCUT2D eigenvalue weighted by molar-refractivity contribution is 0.409. The van der Waals surface area contributed by atoms with Crippen LogP contribution >= 0.6 is 23.2 Å². The quantitative estimate of drug-likeness (QED) is 0.724. The number of hydrogen-bond donors (Lipinski definition) is 0. The highest BCUT2D eigenvalue weighted by Crippen LogP contribution is 2.38. The Morgan fingerprint density at radius 3 is 2.89 bits per heavy atom. The molecular formula is C14H16Cl2N2. The molecule has 0 aliphatic heterocycles. The largest absolute Gasteiger partial charge is 0.324 e. The fourth-order valence-corrected chi connectivity index (χ4v) is 3.44. The van der Waals surface area contributed by atoms with E-state index in [1.807, 2.05) is 18.2 Å². The minimum Gasteiger partial charge on any atom is -0.324 e. The molecule has 0 bridgehead atoms. The van der Waals surface area contributed by atoms with Crippen LogP contribution in [0.25, 0.3) is 11.0 Å². The van der Waals surface area contributed by atoms with E-state index in [2.05, 4.69) is 16.5 Å². The van der Waals surface area contributed by atoms with Crippen molar-refractivity contribution in [1.82, 2.24) is 9.55 Å². The van der Waals surface area contributed by atoms with Gasteiger partial charge in [0.05, 0.1) is 16.9 Å². The average molecular weight is 283 g/mol. The van der Waals surface area contributed by atoms with Crippen molar-refractivity contribution in [2.24, 2.45) is 5.92 Å². The van der Waals surface area contributed by atoms with Gasteiger partial charge in [0.15, 0.2) is 0 Å². The molecule has 0 N–H and O–H groups in total. The number of aromatic nitrogens is 2. The van der Waals surface area contributed by atoms with Crippen molar-refractivity contribution in [3.05, 3.63) is 29.0 Å². The second-order valence-corrected chi connectivity index (χ2v) is 5.84. The van der Waals surface area contributed by atoms with Crippen LogP contribution < -0.4 is 0 Å². The maximum atomic E-state index is 6.11. The average Bonchev–Trinajstić information content (AvgIpc) is 2.91. The van der Waals surface area contributed by atoms with E-state index in [1.54, 1.807) is 0 Å². The number of alkyl halides is 1. The molecule has 0 spiro atoms. The van der Waals surface area contributed by atoms with Crippen molar-refractivity contribution in [3.63, 3.8) is 0 Å². The van der Waals surface area contributed by atoms with E-state index in [-0.39, 0.29) is 0 Å². The Hall–Kier alpha value is -0.730. The lowest BCUT2D eigenvalue weighted by Crippen LogP contribution is -2.14. The Balaban J connectivity index is 2.21. The topological polar surface area (TPSA) is 17.8 Å². The molecule has 1 fully saturated rings. The van der Waals surface area contributed by atoms with Gasteiger partial charge in [0.1, 0.15) is 5.82 Å². The van der Waals surface area contributed by atoms with Gasteiger partial charge in [-0.1, -0.05) is 24.9 Å². The van der Waals surface area contributed by atoms with Crippen LogP contribution in [0.15, 0.2) is 18.2 Å². The van der Waals surface area contributed by atoms with E-state index in [4.69, 9.17) is 23.2 Å². The fraction of sp³-hybridized carbons (Fsp3) is 0.500. The Bertz CT molecular complexity index is 576. The molecule has 3 rings (SSSR count). The lowest BCUT2D eigenvalue weighted by Gasteiger charge is -2.20. The first kappa shape index (κ1) is 12.3. The number of hydrogen-bond acceptors (Lipinski definition) is 1. The van der Waals surface area contributed by atoms with Crippen LogP contribution in [0.3, 0.4) is 0 Å². The Kier molecular flexibility index (Phi) is 3.25. The third kappa shape index (κ3) is 1.92. The molecule has 1 aliphatic carbocycles. The molecule has 0 amide bonds. The van der Waals surface area contributed by atoms with Crippen molar-refractivity contribution < 1.29 is 0 Å². The fourth-order valence-electron chi connectivity index (χ4n) is 3.09. The molecule has 1 aromatic carbocycles. The van der Waals surface area contributed by atoms with Gasteiger partial charge in [-0.25, -0.2) is 4.98 Å². The number of fused-ring (bicyclic) bond motifs is 1. The van der Waals surface area contributed by atoms with Gasteiger partial charge in [-0.05, 0) is 37.0 Å². The zero-order chi connectivity index (χ0) is 12.7. The molecule has 2 unspecified atom stereocenters. The predicted molar refractivity (Wildman–Crippen MR) is 76.4 cm³/mol. The second-order valence-electron chi connectivity index (χ2n) is 5.14. The maximum Gasteiger partial charge on any atom is 0.125 e. The van der Waals surface area contributed by atoms with Crippen LogP contribution in [0, 0.1) is 5.92 Å². The second kappa shape index (κ2) is 4.75. The Morgan fingerprint density at radius 2 is 2.22 bits per heavy atom. The SMILES string of the molecule is CC1CCCC1n1c(CCl)nc2ccc(Cl)cc21. The highest BCUT2D eigenvalue weighted by molar-refractivity contribution is 6.31. The molecular weight excluding hydrogens is 267 g/mol. The van der Waals surface area contributed by atoms with E-state index >= 15 is 0 Å². The number of imidazole rings is 1. The smallest absolute Gasteiger partial charge is 0.125 e. The summed E-state index contributed by atoms with van der Waals surface area (Å²) in [4.78, 5) is 4.62. The molecule has 4 heteroatoms. The molecule has 0 radical (unpaired) electrons. The van der Waals surface area contributed by atoms with Crippen LogP contribution in [-0.4, -0.2) is 9.55 Å². The van der Waals surface area contributed by atoms with Gasteiger partial charge in [-0.2, -0.15) is 0 Å². The van der Waals surface area contributed by atoms with E-state index < -0.39 is 0 Å². The lowest BCUT2D eigenvalue weighted by atomic mass is 10.1. The van der Waals surface area contributed by atoms with E-state index in [0.717, 1.165) is 21.9 Å². The van der Waals surface area contributed by atoms with Crippen LogP contribution in [0.4, 0.5) is 0 Å². The van der Waals surface area contributed by atoms with Crippen molar-refractivity contribution >= 4 is 34.2 Å². The molecule has 1 aromatic heterocycles. The van der Waals surface area contributed by atoms with Crippen molar-refractivity contribution in [3.8, 4) is 0 Å².